The Morgan fingerprint density at radius 1 is 1.44 bits per heavy atom. The normalized spacial score (nSPS) is 17.1. The van der Waals surface area contributed by atoms with E-state index < -0.39 is 0 Å². The summed E-state index contributed by atoms with van der Waals surface area (Å²) >= 11 is 1.83. The van der Waals surface area contributed by atoms with Crippen LogP contribution in [-0.4, -0.2) is 18.1 Å². The zero-order chi connectivity index (χ0) is 13.0. The lowest BCUT2D eigenvalue weighted by molar-refractivity contribution is 0.0461. The van der Waals surface area contributed by atoms with Crippen LogP contribution in [0.2, 0.25) is 0 Å². The lowest BCUT2D eigenvalue weighted by atomic mass is 10.2. The first-order chi connectivity index (χ1) is 8.76. The van der Waals surface area contributed by atoms with Crippen molar-refractivity contribution < 1.29 is 4.74 Å². The minimum absolute atomic E-state index is 0.249. The lowest BCUT2D eigenvalue weighted by Crippen LogP contribution is -2.13. The molecule has 0 aliphatic heterocycles. The number of nitrogens with zero attached hydrogens (tertiary/aromatic N) is 1. The third-order valence-electron chi connectivity index (χ3n) is 3.26. The van der Waals surface area contributed by atoms with E-state index in [-0.39, 0.29) is 6.10 Å². The largest absolute Gasteiger partial charge is 0.371 e. The van der Waals surface area contributed by atoms with Gasteiger partial charge in [0.15, 0.2) is 0 Å². The maximum Gasteiger partial charge on any atom is 0.122 e. The van der Waals surface area contributed by atoms with Gasteiger partial charge in [0, 0.05) is 18.0 Å². The summed E-state index contributed by atoms with van der Waals surface area (Å²) in [6.07, 6.45) is 4.02. The van der Waals surface area contributed by atoms with E-state index in [1.165, 1.54) is 34.8 Å². The Morgan fingerprint density at radius 2 is 2.22 bits per heavy atom. The van der Waals surface area contributed by atoms with E-state index in [0.717, 1.165) is 19.7 Å². The highest BCUT2D eigenvalue weighted by Gasteiger charge is 2.35. The summed E-state index contributed by atoms with van der Waals surface area (Å²) in [7, 11) is 0. The Hall–Kier alpha value is -0.450. The average molecular weight is 268 g/mol. The second-order valence-corrected chi connectivity index (χ2v) is 6.07. The van der Waals surface area contributed by atoms with Crippen LogP contribution in [0, 0.1) is 12.8 Å². The van der Waals surface area contributed by atoms with Gasteiger partial charge in [0.05, 0.1) is 5.69 Å². The molecule has 1 fully saturated rings. The second-order valence-electron chi connectivity index (χ2n) is 4.95. The van der Waals surface area contributed by atoms with Crippen LogP contribution in [0.15, 0.2) is 0 Å². The molecule has 4 heteroatoms. The van der Waals surface area contributed by atoms with Gasteiger partial charge < -0.3 is 10.1 Å². The molecule has 0 saturated heterocycles. The Morgan fingerprint density at radius 3 is 2.83 bits per heavy atom. The minimum Gasteiger partial charge on any atom is -0.371 e. The Balaban J connectivity index is 2.01. The number of nitrogens with one attached hydrogen (secondary N) is 1. The highest BCUT2D eigenvalue weighted by atomic mass is 32.1. The van der Waals surface area contributed by atoms with Gasteiger partial charge in [-0.25, -0.2) is 4.98 Å². The van der Waals surface area contributed by atoms with Gasteiger partial charge in [0.1, 0.15) is 11.1 Å². The molecule has 1 aliphatic carbocycles. The van der Waals surface area contributed by atoms with Gasteiger partial charge in [-0.05, 0) is 45.6 Å². The molecule has 1 aromatic rings. The molecule has 1 aromatic heterocycles. The molecule has 1 heterocycles. The van der Waals surface area contributed by atoms with Crippen molar-refractivity contribution in [1.82, 2.24) is 10.3 Å². The molecule has 18 heavy (non-hydrogen) atoms. The maximum atomic E-state index is 5.87. The molecule has 3 nitrogen and oxygen atoms in total. The first-order valence-corrected chi connectivity index (χ1v) is 7.86. The van der Waals surface area contributed by atoms with Gasteiger partial charge in [-0.2, -0.15) is 0 Å². The van der Waals surface area contributed by atoms with Crippen molar-refractivity contribution in [2.75, 3.05) is 13.2 Å². The number of ether oxygens (including phenoxy) is 1. The molecule has 0 spiro atoms. The molecule has 1 saturated carbocycles. The van der Waals surface area contributed by atoms with Crippen LogP contribution in [0.4, 0.5) is 0 Å². The Labute approximate surface area is 114 Å². The summed E-state index contributed by atoms with van der Waals surface area (Å²) in [5.74, 6) is 0.715. The smallest absolute Gasteiger partial charge is 0.122 e. The molecule has 0 amide bonds. The summed E-state index contributed by atoms with van der Waals surface area (Å²) in [6.45, 7) is 9.17. The topological polar surface area (TPSA) is 34.1 Å². The van der Waals surface area contributed by atoms with Crippen molar-refractivity contribution in [3.05, 3.63) is 15.6 Å². The monoisotopic (exact) mass is 268 g/mol. The number of aromatic nitrogens is 1. The van der Waals surface area contributed by atoms with Crippen LogP contribution in [0.3, 0.4) is 0 Å². The number of rotatable bonds is 8. The quantitative estimate of drug-likeness (QED) is 0.733. The van der Waals surface area contributed by atoms with E-state index in [9.17, 15) is 0 Å². The summed E-state index contributed by atoms with van der Waals surface area (Å²) in [5, 5.41) is 4.64. The first-order valence-electron chi connectivity index (χ1n) is 7.04. The van der Waals surface area contributed by atoms with Crippen LogP contribution >= 0.6 is 11.3 Å². The van der Waals surface area contributed by atoms with Crippen molar-refractivity contribution in [2.45, 2.75) is 52.7 Å². The predicted octanol–water partition coefficient (Wildman–Crippen LogP) is 3.44. The zero-order valence-electron chi connectivity index (χ0n) is 11.7. The van der Waals surface area contributed by atoms with Gasteiger partial charge in [0.25, 0.3) is 0 Å². The maximum absolute atomic E-state index is 5.87. The first kappa shape index (κ1) is 14.0. The van der Waals surface area contributed by atoms with Gasteiger partial charge >= 0.3 is 0 Å². The van der Waals surface area contributed by atoms with Crippen LogP contribution in [0.25, 0.3) is 0 Å². The van der Waals surface area contributed by atoms with Crippen molar-refractivity contribution in [1.29, 1.82) is 0 Å². The van der Waals surface area contributed by atoms with E-state index in [1.807, 2.05) is 11.3 Å². The molecule has 1 aliphatic rings. The van der Waals surface area contributed by atoms with E-state index in [4.69, 9.17) is 9.72 Å². The van der Waals surface area contributed by atoms with Crippen molar-refractivity contribution >= 4 is 11.3 Å². The summed E-state index contributed by atoms with van der Waals surface area (Å²) in [5.41, 5.74) is 1.17. The molecule has 2 rings (SSSR count). The van der Waals surface area contributed by atoms with Gasteiger partial charge in [-0.1, -0.05) is 6.92 Å². The summed E-state index contributed by atoms with van der Waals surface area (Å²) < 4.78 is 5.87. The average Bonchev–Trinajstić information content (AvgIpc) is 3.12. The third kappa shape index (κ3) is 3.53. The zero-order valence-corrected chi connectivity index (χ0v) is 12.5. The SMILES string of the molecule is CCCNCc1sc(C(OCC)C2CC2)nc1C. The van der Waals surface area contributed by atoms with E-state index in [1.54, 1.807) is 0 Å². The highest BCUT2D eigenvalue weighted by molar-refractivity contribution is 7.11. The van der Waals surface area contributed by atoms with E-state index in [2.05, 4.69) is 26.1 Å². The molecular formula is C14H24N2OS. The fourth-order valence-corrected chi connectivity index (χ4v) is 3.28. The predicted molar refractivity (Wildman–Crippen MR) is 75.9 cm³/mol. The Bertz CT molecular complexity index is 374. The van der Waals surface area contributed by atoms with Crippen LogP contribution in [0.5, 0.6) is 0 Å². The van der Waals surface area contributed by atoms with Crippen molar-refractivity contribution in [3.8, 4) is 0 Å². The minimum atomic E-state index is 0.249. The third-order valence-corrected chi connectivity index (χ3v) is 4.48. The van der Waals surface area contributed by atoms with Crippen LogP contribution in [0.1, 0.15) is 54.8 Å². The number of thiazole rings is 1. The summed E-state index contributed by atoms with van der Waals surface area (Å²) in [4.78, 5) is 6.09. The number of hydrogen-bond acceptors (Lipinski definition) is 4. The molecule has 0 bridgehead atoms. The molecule has 1 N–H and O–H groups in total. The number of hydrogen-bond donors (Lipinski definition) is 1. The van der Waals surface area contributed by atoms with Crippen LogP contribution < -0.4 is 5.32 Å². The van der Waals surface area contributed by atoms with Crippen LogP contribution in [-0.2, 0) is 11.3 Å². The molecular weight excluding hydrogens is 244 g/mol. The second kappa shape index (κ2) is 6.64. The molecule has 1 unspecified atom stereocenters. The molecule has 102 valence electrons. The standard InChI is InChI=1S/C14H24N2OS/c1-4-8-15-9-12-10(3)16-14(18-12)13(17-5-2)11-6-7-11/h11,13,15H,4-9H2,1-3H3. The molecule has 1 atom stereocenters. The highest BCUT2D eigenvalue weighted by Crippen LogP contribution is 2.44. The fraction of sp³-hybridized carbons (Fsp3) is 0.786. The van der Waals surface area contributed by atoms with Gasteiger partial charge in [0.2, 0.25) is 0 Å². The van der Waals surface area contributed by atoms with E-state index >= 15 is 0 Å². The van der Waals surface area contributed by atoms with E-state index in [0.29, 0.717) is 5.92 Å². The Kier molecular flexibility index (Phi) is 5.15. The van der Waals surface area contributed by atoms with Crippen molar-refractivity contribution in [3.63, 3.8) is 0 Å². The summed E-state index contributed by atoms with van der Waals surface area (Å²) in [6, 6.07) is 0. The fourth-order valence-electron chi connectivity index (χ4n) is 2.10. The molecule has 0 radical (unpaired) electrons. The van der Waals surface area contributed by atoms with Gasteiger partial charge in [-0.3, -0.25) is 0 Å². The van der Waals surface area contributed by atoms with Crippen molar-refractivity contribution in [2.24, 2.45) is 5.92 Å². The molecule has 0 aromatic carbocycles. The number of aryl methyl sites for hydroxylation is 1. The lowest BCUT2D eigenvalue weighted by Gasteiger charge is -2.12. The van der Waals surface area contributed by atoms with Gasteiger partial charge in [-0.15, -0.1) is 11.3 Å².